The van der Waals surface area contributed by atoms with E-state index < -0.39 is 5.97 Å². The SMILES string of the molecule is CN(CCCC(=O)O)C(=O)NC1CC=CC1. The number of hydrogen-bond donors (Lipinski definition) is 2. The maximum Gasteiger partial charge on any atom is 0.317 e. The Morgan fingerprint density at radius 2 is 2.06 bits per heavy atom. The molecule has 5 heteroatoms. The van der Waals surface area contributed by atoms with Crippen molar-refractivity contribution >= 4 is 12.0 Å². The molecule has 16 heavy (non-hydrogen) atoms. The van der Waals surface area contributed by atoms with Crippen molar-refractivity contribution in [2.75, 3.05) is 13.6 Å². The highest BCUT2D eigenvalue weighted by molar-refractivity contribution is 5.74. The number of aliphatic carboxylic acids is 1. The fraction of sp³-hybridized carbons (Fsp3) is 0.636. The van der Waals surface area contributed by atoms with Crippen LogP contribution in [0, 0.1) is 0 Å². The lowest BCUT2D eigenvalue weighted by Gasteiger charge is -2.20. The van der Waals surface area contributed by atoms with Gasteiger partial charge in [-0.3, -0.25) is 4.79 Å². The third-order valence-electron chi connectivity index (χ3n) is 2.57. The van der Waals surface area contributed by atoms with Crippen LogP contribution in [-0.4, -0.2) is 41.6 Å². The summed E-state index contributed by atoms with van der Waals surface area (Å²) in [6.07, 6.45) is 6.46. The highest BCUT2D eigenvalue weighted by atomic mass is 16.4. The van der Waals surface area contributed by atoms with E-state index >= 15 is 0 Å². The Morgan fingerprint density at radius 1 is 1.44 bits per heavy atom. The quantitative estimate of drug-likeness (QED) is 0.692. The highest BCUT2D eigenvalue weighted by Gasteiger charge is 2.15. The van der Waals surface area contributed by atoms with E-state index in [4.69, 9.17) is 5.11 Å². The Morgan fingerprint density at radius 3 is 2.62 bits per heavy atom. The Labute approximate surface area is 95.1 Å². The van der Waals surface area contributed by atoms with Gasteiger partial charge in [-0.25, -0.2) is 4.79 Å². The first-order chi connectivity index (χ1) is 7.59. The van der Waals surface area contributed by atoms with Gasteiger partial charge >= 0.3 is 12.0 Å². The minimum Gasteiger partial charge on any atom is -0.481 e. The Kier molecular flexibility index (Phi) is 4.82. The van der Waals surface area contributed by atoms with Gasteiger partial charge in [0.25, 0.3) is 0 Å². The average molecular weight is 226 g/mol. The van der Waals surface area contributed by atoms with Crippen molar-refractivity contribution < 1.29 is 14.7 Å². The van der Waals surface area contributed by atoms with Gasteiger partial charge < -0.3 is 15.3 Å². The number of carboxylic acids is 1. The summed E-state index contributed by atoms with van der Waals surface area (Å²) in [7, 11) is 1.68. The predicted molar refractivity (Wildman–Crippen MR) is 60.2 cm³/mol. The average Bonchev–Trinajstić information content (AvgIpc) is 2.69. The Balaban J connectivity index is 2.17. The number of amides is 2. The summed E-state index contributed by atoms with van der Waals surface area (Å²) in [5.41, 5.74) is 0. The molecular weight excluding hydrogens is 208 g/mol. The lowest BCUT2D eigenvalue weighted by Crippen LogP contribution is -2.42. The number of hydrogen-bond acceptors (Lipinski definition) is 2. The van der Waals surface area contributed by atoms with E-state index in [1.54, 1.807) is 7.05 Å². The molecule has 0 spiro atoms. The maximum atomic E-state index is 11.6. The number of carbonyl (C=O) groups excluding carboxylic acids is 1. The van der Waals surface area contributed by atoms with Crippen molar-refractivity contribution in [2.24, 2.45) is 0 Å². The van der Waals surface area contributed by atoms with Gasteiger partial charge in [-0.1, -0.05) is 12.2 Å². The molecule has 0 aliphatic heterocycles. The highest BCUT2D eigenvalue weighted by Crippen LogP contribution is 2.09. The molecular formula is C11H18N2O3. The molecule has 1 aliphatic rings. The summed E-state index contributed by atoms with van der Waals surface area (Å²) in [5, 5.41) is 11.4. The van der Waals surface area contributed by atoms with Gasteiger partial charge in [0.15, 0.2) is 0 Å². The molecule has 0 saturated carbocycles. The zero-order valence-electron chi connectivity index (χ0n) is 9.48. The number of urea groups is 1. The summed E-state index contributed by atoms with van der Waals surface area (Å²) in [6, 6.07) is 0.0773. The third-order valence-corrected chi connectivity index (χ3v) is 2.57. The molecule has 5 nitrogen and oxygen atoms in total. The van der Waals surface area contributed by atoms with Crippen molar-refractivity contribution in [3.05, 3.63) is 12.2 Å². The van der Waals surface area contributed by atoms with Crippen molar-refractivity contribution in [1.29, 1.82) is 0 Å². The zero-order chi connectivity index (χ0) is 12.0. The van der Waals surface area contributed by atoms with Crippen LogP contribution in [0.4, 0.5) is 4.79 Å². The largest absolute Gasteiger partial charge is 0.481 e. The minimum atomic E-state index is -0.825. The second kappa shape index (κ2) is 6.15. The van der Waals surface area contributed by atoms with Crippen molar-refractivity contribution in [3.63, 3.8) is 0 Å². The van der Waals surface area contributed by atoms with Crippen LogP contribution in [-0.2, 0) is 4.79 Å². The first-order valence-electron chi connectivity index (χ1n) is 5.48. The van der Waals surface area contributed by atoms with Crippen LogP contribution in [0.15, 0.2) is 12.2 Å². The number of nitrogens with zero attached hydrogens (tertiary/aromatic N) is 1. The van der Waals surface area contributed by atoms with Gasteiger partial charge in [-0.05, 0) is 19.3 Å². The molecule has 0 saturated heterocycles. The standard InChI is InChI=1S/C11H18N2O3/c1-13(8-4-7-10(14)15)11(16)12-9-5-2-3-6-9/h2-3,9H,4-8H2,1H3,(H,12,16)(H,14,15). The molecule has 0 radical (unpaired) electrons. The molecule has 0 aromatic rings. The lowest BCUT2D eigenvalue weighted by atomic mass is 10.2. The molecule has 0 bridgehead atoms. The van der Waals surface area contributed by atoms with Crippen molar-refractivity contribution in [2.45, 2.75) is 31.7 Å². The van der Waals surface area contributed by atoms with Gasteiger partial charge in [0, 0.05) is 26.1 Å². The number of nitrogens with one attached hydrogen (secondary N) is 1. The second-order valence-corrected chi connectivity index (χ2v) is 4.01. The second-order valence-electron chi connectivity index (χ2n) is 4.01. The maximum absolute atomic E-state index is 11.6. The van der Waals surface area contributed by atoms with Crippen LogP contribution in [0.25, 0.3) is 0 Å². The number of carboxylic acid groups (broad SMARTS) is 1. The first-order valence-corrected chi connectivity index (χ1v) is 5.48. The van der Waals surface area contributed by atoms with Crippen LogP contribution in [0.5, 0.6) is 0 Å². The Bertz CT molecular complexity index is 281. The van der Waals surface area contributed by atoms with Crippen molar-refractivity contribution in [3.8, 4) is 0 Å². The monoisotopic (exact) mass is 226 g/mol. The fourth-order valence-electron chi connectivity index (χ4n) is 1.59. The number of carbonyl (C=O) groups is 2. The first kappa shape index (κ1) is 12.5. The summed E-state index contributed by atoms with van der Waals surface area (Å²) in [6.45, 7) is 0.471. The molecule has 0 aromatic carbocycles. The van der Waals surface area contributed by atoms with Crippen LogP contribution in [0.3, 0.4) is 0 Å². The summed E-state index contributed by atoms with van der Waals surface area (Å²) in [5.74, 6) is -0.825. The van der Waals surface area contributed by atoms with Crippen LogP contribution in [0.2, 0.25) is 0 Å². The van der Waals surface area contributed by atoms with E-state index in [1.807, 2.05) is 0 Å². The lowest BCUT2D eigenvalue weighted by molar-refractivity contribution is -0.137. The van der Waals surface area contributed by atoms with Gasteiger partial charge in [-0.15, -0.1) is 0 Å². The third kappa shape index (κ3) is 4.33. The topological polar surface area (TPSA) is 69.6 Å². The van der Waals surface area contributed by atoms with E-state index in [0.717, 1.165) is 12.8 Å². The van der Waals surface area contributed by atoms with Crippen molar-refractivity contribution in [1.82, 2.24) is 10.2 Å². The van der Waals surface area contributed by atoms with E-state index in [0.29, 0.717) is 13.0 Å². The molecule has 1 rings (SSSR count). The van der Waals surface area contributed by atoms with Crippen LogP contribution < -0.4 is 5.32 Å². The van der Waals surface area contributed by atoms with E-state index in [-0.39, 0.29) is 18.5 Å². The predicted octanol–water partition coefficient (Wildman–Crippen LogP) is 1.21. The smallest absolute Gasteiger partial charge is 0.317 e. The van der Waals surface area contributed by atoms with E-state index in [1.165, 1.54) is 4.90 Å². The molecule has 90 valence electrons. The zero-order valence-corrected chi connectivity index (χ0v) is 9.48. The normalized spacial score (nSPS) is 15.1. The molecule has 0 aromatic heterocycles. The van der Waals surface area contributed by atoms with Gasteiger partial charge in [0.05, 0.1) is 0 Å². The molecule has 0 atom stereocenters. The van der Waals surface area contributed by atoms with Crippen LogP contribution >= 0.6 is 0 Å². The molecule has 2 N–H and O–H groups in total. The van der Waals surface area contributed by atoms with Crippen LogP contribution in [0.1, 0.15) is 25.7 Å². The summed E-state index contributed by atoms with van der Waals surface area (Å²) >= 11 is 0. The Hall–Kier alpha value is -1.52. The van der Waals surface area contributed by atoms with Gasteiger partial charge in [0.1, 0.15) is 0 Å². The summed E-state index contributed by atoms with van der Waals surface area (Å²) < 4.78 is 0. The van der Waals surface area contributed by atoms with E-state index in [2.05, 4.69) is 17.5 Å². The van der Waals surface area contributed by atoms with Gasteiger partial charge in [0.2, 0.25) is 0 Å². The number of rotatable bonds is 5. The van der Waals surface area contributed by atoms with E-state index in [9.17, 15) is 9.59 Å². The molecule has 0 fully saturated rings. The minimum absolute atomic E-state index is 0.0998. The molecule has 0 unspecified atom stereocenters. The molecule has 2 amide bonds. The van der Waals surface area contributed by atoms with Gasteiger partial charge in [-0.2, -0.15) is 0 Å². The summed E-state index contributed by atoms with van der Waals surface area (Å²) in [4.78, 5) is 23.4. The molecule has 1 aliphatic carbocycles. The molecule has 0 heterocycles. The fourth-order valence-corrected chi connectivity index (χ4v) is 1.59.